The van der Waals surface area contributed by atoms with Crippen LogP contribution in [0.5, 0.6) is 0 Å². The molecule has 2 aromatic rings. The number of allylic oxidation sites excluding steroid dienone is 1. The Kier molecular flexibility index (Phi) is 6.85. The molecular weight excluding hydrogens is 404 g/mol. The SMILES string of the molecule is COC(=O)C(C)/C=C(\C=C1/CN=C(C)N1Cc1cccc2cccnc12)N1CCOCC1. The molecule has 0 bridgehead atoms. The summed E-state index contributed by atoms with van der Waals surface area (Å²) in [7, 11) is 1.42. The number of carbonyl (C=O) groups excluding carboxylic acids is 1. The van der Waals surface area contributed by atoms with E-state index >= 15 is 0 Å². The lowest BCUT2D eigenvalue weighted by atomic mass is 10.1. The number of ether oxygens (including phenoxy) is 2. The van der Waals surface area contributed by atoms with Crippen LogP contribution in [-0.2, 0) is 20.8 Å². The number of benzene rings is 1. The number of aromatic nitrogens is 1. The van der Waals surface area contributed by atoms with Crippen LogP contribution in [0.25, 0.3) is 10.9 Å². The maximum absolute atomic E-state index is 12.1. The molecule has 32 heavy (non-hydrogen) atoms. The van der Waals surface area contributed by atoms with Crippen LogP contribution in [0.2, 0.25) is 0 Å². The fourth-order valence-electron chi connectivity index (χ4n) is 4.13. The lowest BCUT2D eigenvalue weighted by Crippen LogP contribution is -2.36. The summed E-state index contributed by atoms with van der Waals surface area (Å²) in [4.78, 5) is 25.9. The number of rotatable bonds is 6. The molecule has 0 aliphatic carbocycles. The number of carbonyl (C=O) groups is 1. The molecule has 1 unspecified atom stereocenters. The lowest BCUT2D eigenvalue weighted by molar-refractivity contribution is -0.143. The Labute approximate surface area is 189 Å². The zero-order chi connectivity index (χ0) is 22.5. The zero-order valence-corrected chi connectivity index (χ0v) is 19.0. The molecule has 0 amide bonds. The van der Waals surface area contributed by atoms with Crippen LogP contribution in [0.15, 0.2) is 65.1 Å². The number of hydrogen-bond acceptors (Lipinski definition) is 7. The molecular formula is C25H30N4O3. The molecule has 1 atom stereocenters. The van der Waals surface area contributed by atoms with Gasteiger partial charge in [-0.25, -0.2) is 0 Å². The van der Waals surface area contributed by atoms with Crippen molar-refractivity contribution in [2.45, 2.75) is 20.4 Å². The number of hydrogen-bond donors (Lipinski definition) is 0. The van der Waals surface area contributed by atoms with Crippen LogP contribution in [0, 0.1) is 5.92 Å². The first kappa shape index (κ1) is 22.0. The number of pyridine rings is 1. The number of fused-ring (bicyclic) bond motifs is 1. The second kappa shape index (κ2) is 9.96. The molecule has 0 spiro atoms. The van der Waals surface area contributed by atoms with E-state index in [0.29, 0.717) is 26.3 Å². The number of nitrogens with zero attached hydrogens (tertiary/aromatic N) is 4. The Morgan fingerprint density at radius 3 is 2.81 bits per heavy atom. The van der Waals surface area contributed by atoms with Crippen LogP contribution < -0.4 is 0 Å². The lowest BCUT2D eigenvalue weighted by Gasteiger charge is -2.31. The highest BCUT2D eigenvalue weighted by Crippen LogP contribution is 2.25. The second-order valence-corrected chi connectivity index (χ2v) is 8.08. The van der Waals surface area contributed by atoms with Crippen molar-refractivity contribution < 1.29 is 14.3 Å². The van der Waals surface area contributed by atoms with Crippen LogP contribution >= 0.6 is 0 Å². The van der Waals surface area contributed by atoms with Crippen molar-refractivity contribution in [3.63, 3.8) is 0 Å². The Hall–Kier alpha value is -3.19. The molecule has 7 heteroatoms. The smallest absolute Gasteiger partial charge is 0.312 e. The average Bonchev–Trinajstić information content (AvgIpc) is 3.17. The Bertz CT molecular complexity index is 1060. The summed E-state index contributed by atoms with van der Waals surface area (Å²) in [5.41, 5.74) is 4.28. The average molecular weight is 435 g/mol. The molecule has 1 aromatic heterocycles. The van der Waals surface area contributed by atoms with Gasteiger partial charge in [-0.3, -0.25) is 14.8 Å². The minimum absolute atomic E-state index is 0.244. The second-order valence-electron chi connectivity index (χ2n) is 8.08. The summed E-state index contributed by atoms with van der Waals surface area (Å²) in [5, 5.41) is 1.13. The third-order valence-electron chi connectivity index (χ3n) is 5.94. The van der Waals surface area contributed by atoms with Crippen LogP contribution in [0.1, 0.15) is 19.4 Å². The summed E-state index contributed by atoms with van der Waals surface area (Å²) in [6.07, 6.45) is 5.97. The quantitative estimate of drug-likeness (QED) is 0.650. The molecule has 0 radical (unpaired) electrons. The molecule has 3 heterocycles. The van der Waals surface area contributed by atoms with Crippen LogP contribution in [0.4, 0.5) is 0 Å². The van der Waals surface area contributed by atoms with E-state index in [1.54, 1.807) is 0 Å². The molecule has 4 rings (SSSR count). The van der Waals surface area contributed by atoms with E-state index in [2.05, 4.69) is 45.1 Å². The van der Waals surface area contributed by atoms with Crippen LogP contribution in [0.3, 0.4) is 0 Å². The molecule has 1 aromatic carbocycles. The number of methoxy groups -OCH3 is 1. The van der Waals surface area contributed by atoms with Gasteiger partial charge in [0.25, 0.3) is 0 Å². The standard InChI is InChI=1S/C25H30N4O3/c1-18(25(30)31-3)14-22(28-10-12-32-13-11-28)15-23-16-27-19(2)29(23)17-21-7-4-6-20-8-5-9-26-24(20)21/h4-9,14-15,18H,10-13,16-17H2,1-3H3/b22-14+,23-15+. The van der Waals surface area contributed by atoms with Crippen molar-refractivity contribution in [1.29, 1.82) is 0 Å². The fraction of sp³-hybridized carbons (Fsp3) is 0.400. The highest BCUT2D eigenvalue weighted by Gasteiger charge is 2.23. The maximum atomic E-state index is 12.1. The molecule has 0 N–H and O–H groups in total. The number of esters is 1. The van der Waals surface area contributed by atoms with Gasteiger partial charge in [0.1, 0.15) is 5.84 Å². The molecule has 168 valence electrons. The van der Waals surface area contributed by atoms with Gasteiger partial charge in [-0.05, 0) is 37.6 Å². The third-order valence-corrected chi connectivity index (χ3v) is 5.94. The largest absolute Gasteiger partial charge is 0.469 e. The topological polar surface area (TPSA) is 67.3 Å². The zero-order valence-electron chi connectivity index (χ0n) is 19.0. The van der Waals surface area contributed by atoms with Crippen molar-refractivity contribution in [1.82, 2.24) is 14.8 Å². The van der Waals surface area contributed by atoms with Gasteiger partial charge in [-0.15, -0.1) is 0 Å². The van der Waals surface area contributed by atoms with Crippen molar-refractivity contribution in [3.05, 3.63) is 65.6 Å². The summed E-state index contributed by atoms with van der Waals surface area (Å²) < 4.78 is 10.5. The molecule has 2 aliphatic heterocycles. The predicted octanol–water partition coefficient (Wildman–Crippen LogP) is 3.38. The highest BCUT2D eigenvalue weighted by atomic mass is 16.5. The molecule has 0 saturated carbocycles. The van der Waals surface area contributed by atoms with Gasteiger partial charge in [0.2, 0.25) is 0 Å². The van der Waals surface area contributed by atoms with Crippen molar-refractivity contribution in [3.8, 4) is 0 Å². The number of amidine groups is 1. The van der Waals surface area contributed by atoms with E-state index in [4.69, 9.17) is 14.5 Å². The normalized spacial score (nSPS) is 19.4. The Morgan fingerprint density at radius 1 is 1.25 bits per heavy atom. The number of morpholine rings is 1. The van der Waals surface area contributed by atoms with E-state index < -0.39 is 0 Å². The van der Waals surface area contributed by atoms with Gasteiger partial charge in [0.15, 0.2) is 0 Å². The summed E-state index contributed by atoms with van der Waals surface area (Å²) in [5.74, 6) is 0.395. The van der Waals surface area contributed by atoms with Gasteiger partial charge in [0.05, 0.1) is 44.8 Å². The Morgan fingerprint density at radius 2 is 2.03 bits per heavy atom. The summed E-state index contributed by atoms with van der Waals surface area (Å²) >= 11 is 0. The fourth-order valence-corrected chi connectivity index (χ4v) is 4.13. The van der Waals surface area contributed by atoms with E-state index in [-0.39, 0.29) is 11.9 Å². The van der Waals surface area contributed by atoms with E-state index in [1.807, 2.05) is 32.2 Å². The first-order chi connectivity index (χ1) is 15.6. The van der Waals surface area contributed by atoms with Gasteiger partial charge < -0.3 is 19.3 Å². The molecule has 7 nitrogen and oxygen atoms in total. The van der Waals surface area contributed by atoms with Crippen LogP contribution in [-0.4, -0.2) is 66.5 Å². The highest BCUT2D eigenvalue weighted by molar-refractivity contribution is 5.86. The molecule has 1 fully saturated rings. The monoisotopic (exact) mass is 434 g/mol. The number of aliphatic imine (C=N–C) groups is 1. The Balaban J connectivity index is 1.65. The van der Waals surface area contributed by atoms with Crippen molar-refractivity contribution in [2.75, 3.05) is 40.0 Å². The number of para-hydroxylation sites is 1. The minimum Gasteiger partial charge on any atom is -0.469 e. The maximum Gasteiger partial charge on any atom is 0.312 e. The van der Waals surface area contributed by atoms with Gasteiger partial charge >= 0.3 is 5.97 Å². The predicted molar refractivity (Wildman–Crippen MR) is 125 cm³/mol. The first-order valence-electron chi connectivity index (χ1n) is 11.0. The molecule has 2 aliphatic rings. The first-order valence-corrected chi connectivity index (χ1v) is 11.0. The minimum atomic E-state index is -0.339. The van der Waals surface area contributed by atoms with Gasteiger partial charge in [-0.1, -0.05) is 24.3 Å². The van der Waals surface area contributed by atoms with Crippen molar-refractivity contribution >= 4 is 22.7 Å². The van der Waals surface area contributed by atoms with E-state index in [1.165, 1.54) is 7.11 Å². The van der Waals surface area contributed by atoms with E-state index in [9.17, 15) is 4.79 Å². The van der Waals surface area contributed by atoms with Gasteiger partial charge in [-0.2, -0.15) is 0 Å². The van der Waals surface area contributed by atoms with E-state index in [0.717, 1.165) is 46.8 Å². The van der Waals surface area contributed by atoms with Gasteiger partial charge in [0, 0.05) is 36.1 Å². The van der Waals surface area contributed by atoms with Crippen molar-refractivity contribution in [2.24, 2.45) is 10.9 Å². The summed E-state index contributed by atoms with van der Waals surface area (Å²) in [6.45, 7) is 8.13. The third kappa shape index (κ3) is 4.83. The summed E-state index contributed by atoms with van der Waals surface area (Å²) in [6, 6.07) is 10.3. The molecule has 1 saturated heterocycles.